The predicted octanol–water partition coefficient (Wildman–Crippen LogP) is 0.487. The summed E-state index contributed by atoms with van der Waals surface area (Å²) in [6.45, 7) is 6.28. The molecule has 116 valence electrons. The number of hydrogen-bond acceptors (Lipinski definition) is 3. The van der Waals surface area contributed by atoms with Gasteiger partial charge in [0.05, 0.1) is 5.75 Å². The highest BCUT2D eigenvalue weighted by atomic mass is 32.2. The second kappa shape index (κ2) is 7.90. The molecular formula is C14H21N2O4S+. The standard InChI is InChI=1S/C14H20N2O4S/c1-12(2)14(17)15-7-4-13-5-9-16(10-6-13)8-3-11-21(18,19)20/h5-6,9-10H,1,3-4,7-8,11H2,2H3,(H-,15,17,18,19,20)/p+1. The summed E-state index contributed by atoms with van der Waals surface area (Å²) >= 11 is 0. The zero-order valence-electron chi connectivity index (χ0n) is 12.1. The molecule has 0 aliphatic heterocycles. The highest BCUT2D eigenvalue weighted by Gasteiger charge is 2.07. The Kier molecular flexibility index (Phi) is 6.51. The van der Waals surface area contributed by atoms with Crippen LogP contribution in [0.25, 0.3) is 0 Å². The normalized spacial score (nSPS) is 11.1. The first-order chi connectivity index (χ1) is 9.78. The van der Waals surface area contributed by atoms with E-state index in [1.165, 1.54) is 0 Å². The van der Waals surface area contributed by atoms with Gasteiger partial charge in [-0.1, -0.05) is 6.58 Å². The van der Waals surface area contributed by atoms with E-state index in [-0.39, 0.29) is 11.7 Å². The molecule has 2 N–H and O–H groups in total. The van der Waals surface area contributed by atoms with Crippen LogP contribution >= 0.6 is 0 Å². The second-order valence-corrected chi connectivity index (χ2v) is 6.44. The molecule has 0 radical (unpaired) electrons. The van der Waals surface area contributed by atoms with Crippen molar-refractivity contribution < 1.29 is 22.3 Å². The maximum atomic E-state index is 11.3. The summed E-state index contributed by atoms with van der Waals surface area (Å²) in [6, 6.07) is 3.83. The van der Waals surface area contributed by atoms with Gasteiger partial charge >= 0.3 is 0 Å². The van der Waals surface area contributed by atoms with Crippen molar-refractivity contribution in [3.05, 3.63) is 42.2 Å². The highest BCUT2D eigenvalue weighted by Crippen LogP contribution is 1.97. The Hall–Kier alpha value is -1.73. The molecule has 6 nitrogen and oxygen atoms in total. The van der Waals surface area contributed by atoms with Crippen LogP contribution < -0.4 is 9.88 Å². The van der Waals surface area contributed by atoms with Gasteiger partial charge in [-0.25, -0.2) is 4.57 Å². The second-order valence-electron chi connectivity index (χ2n) is 4.87. The summed E-state index contributed by atoms with van der Waals surface area (Å²) in [6.07, 6.45) is 4.77. The molecule has 1 aromatic heterocycles. The molecule has 0 unspecified atom stereocenters. The van der Waals surface area contributed by atoms with Crippen LogP contribution in [0.3, 0.4) is 0 Å². The van der Waals surface area contributed by atoms with Gasteiger partial charge in [-0.15, -0.1) is 0 Å². The molecule has 0 saturated carbocycles. The van der Waals surface area contributed by atoms with E-state index in [0.717, 1.165) is 5.56 Å². The number of amides is 1. The highest BCUT2D eigenvalue weighted by molar-refractivity contribution is 7.85. The molecule has 0 aromatic carbocycles. The number of rotatable bonds is 8. The summed E-state index contributed by atoms with van der Waals surface area (Å²) < 4.78 is 31.7. The van der Waals surface area contributed by atoms with Gasteiger partial charge in [-0.2, -0.15) is 8.42 Å². The Morgan fingerprint density at radius 3 is 2.52 bits per heavy atom. The Labute approximate surface area is 125 Å². The van der Waals surface area contributed by atoms with Gasteiger partial charge in [0.25, 0.3) is 10.1 Å². The lowest BCUT2D eigenvalue weighted by Gasteiger charge is -2.04. The lowest BCUT2D eigenvalue weighted by molar-refractivity contribution is -0.696. The van der Waals surface area contributed by atoms with Crippen molar-refractivity contribution in [2.75, 3.05) is 12.3 Å². The molecule has 1 amide bonds. The summed E-state index contributed by atoms with van der Waals surface area (Å²) in [5.41, 5.74) is 1.56. The van der Waals surface area contributed by atoms with E-state index in [9.17, 15) is 13.2 Å². The van der Waals surface area contributed by atoms with Crippen molar-refractivity contribution in [3.8, 4) is 0 Å². The summed E-state index contributed by atoms with van der Waals surface area (Å²) in [7, 11) is -3.89. The number of aromatic nitrogens is 1. The molecule has 0 aliphatic rings. The van der Waals surface area contributed by atoms with Crippen molar-refractivity contribution in [2.45, 2.75) is 26.3 Å². The third-order valence-corrected chi connectivity index (χ3v) is 3.67. The number of hydrogen-bond donors (Lipinski definition) is 2. The first kappa shape index (κ1) is 17.3. The minimum absolute atomic E-state index is 0.147. The molecule has 7 heteroatoms. The molecular weight excluding hydrogens is 292 g/mol. The molecule has 21 heavy (non-hydrogen) atoms. The monoisotopic (exact) mass is 313 g/mol. The number of aryl methyl sites for hydroxylation is 1. The van der Waals surface area contributed by atoms with Crippen molar-refractivity contribution >= 4 is 16.0 Å². The third-order valence-electron chi connectivity index (χ3n) is 2.87. The van der Waals surface area contributed by atoms with E-state index in [2.05, 4.69) is 11.9 Å². The minimum atomic E-state index is -3.89. The molecule has 1 rings (SSSR count). The summed E-state index contributed by atoms with van der Waals surface area (Å²) in [5.74, 6) is -0.388. The SMILES string of the molecule is C=C(C)C(=O)NCCc1cc[n+](CCCS(=O)(=O)O)cc1. The number of nitrogens with zero attached hydrogens (tertiary/aromatic N) is 1. The molecule has 0 atom stereocenters. The first-order valence-electron chi connectivity index (χ1n) is 6.65. The topological polar surface area (TPSA) is 87.4 Å². The Morgan fingerprint density at radius 2 is 2.00 bits per heavy atom. The summed E-state index contributed by atoms with van der Waals surface area (Å²) in [4.78, 5) is 11.3. The van der Waals surface area contributed by atoms with Crippen LogP contribution in [-0.2, 0) is 27.9 Å². The largest absolute Gasteiger partial charge is 0.352 e. The average Bonchev–Trinajstić information content (AvgIpc) is 2.39. The van der Waals surface area contributed by atoms with Crippen LogP contribution in [0.15, 0.2) is 36.7 Å². The predicted molar refractivity (Wildman–Crippen MR) is 79.2 cm³/mol. The van der Waals surface area contributed by atoms with E-state index in [1.807, 2.05) is 29.1 Å². The minimum Gasteiger partial charge on any atom is -0.352 e. The number of carbonyl (C=O) groups excluding carboxylic acids is 1. The van der Waals surface area contributed by atoms with Crippen LogP contribution in [0, 0.1) is 0 Å². The summed E-state index contributed by atoms with van der Waals surface area (Å²) in [5, 5.41) is 2.76. The van der Waals surface area contributed by atoms with Crippen molar-refractivity contribution in [1.82, 2.24) is 5.32 Å². The van der Waals surface area contributed by atoms with E-state index in [0.29, 0.717) is 31.5 Å². The molecule has 1 heterocycles. The zero-order valence-corrected chi connectivity index (χ0v) is 12.9. The first-order valence-corrected chi connectivity index (χ1v) is 8.26. The maximum absolute atomic E-state index is 11.3. The fourth-order valence-corrected chi connectivity index (χ4v) is 2.20. The van der Waals surface area contributed by atoms with Crippen LogP contribution in [0.2, 0.25) is 0 Å². The van der Waals surface area contributed by atoms with Crippen molar-refractivity contribution in [2.24, 2.45) is 0 Å². The van der Waals surface area contributed by atoms with Gasteiger partial charge in [-0.05, 0) is 18.9 Å². The Morgan fingerprint density at radius 1 is 1.38 bits per heavy atom. The van der Waals surface area contributed by atoms with Crippen molar-refractivity contribution in [1.29, 1.82) is 0 Å². The quantitative estimate of drug-likeness (QED) is 0.415. The lowest BCUT2D eigenvalue weighted by atomic mass is 10.2. The van der Waals surface area contributed by atoms with Gasteiger partial charge in [0.2, 0.25) is 5.91 Å². The van der Waals surface area contributed by atoms with E-state index in [4.69, 9.17) is 4.55 Å². The number of pyridine rings is 1. The fraction of sp³-hybridized carbons (Fsp3) is 0.429. The Bertz CT molecular complexity index is 594. The number of nitrogens with one attached hydrogen (secondary N) is 1. The zero-order chi connectivity index (χ0) is 15.9. The van der Waals surface area contributed by atoms with Crippen LogP contribution in [-0.4, -0.2) is 31.2 Å². The molecule has 0 spiro atoms. The maximum Gasteiger partial charge on any atom is 0.265 e. The van der Waals surface area contributed by atoms with Crippen LogP contribution in [0.1, 0.15) is 18.9 Å². The van der Waals surface area contributed by atoms with Gasteiger partial charge in [0.15, 0.2) is 12.4 Å². The fourth-order valence-electron chi connectivity index (χ4n) is 1.70. The van der Waals surface area contributed by atoms with E-state index in [1.54, 1.807) is 6.92 Å². The smallest absolute Gasteiger partial charge is 0.265 e. The molecule has 0 aliphatic carbocycles. The lowest BCUT2D eigenvalue weighted by Crippen LogP contribution is -2.34. The van der Waals surface area contributed by atoms with Crippen LogP contribution in [0.5, 0.6) is 0 Å². The van der Waals surface area contributed by atoms with Gasteiger partial charge in [0, 0.05) is 30.7 Å². The molecule has 1 aromatic rings. The van der Waals surface area contributed by atoms with Gasteiger partial charge in [0.1, 0.15) is 6.54 Å². The molecule has 0 fully saturated rings. The van der Waals surface area contributed by atoms with E-state index < -0.39 is 10.1 Å². The average molecular weight is 313 g/mol. The van der Waals surface area contributed by atoms with Crippen LogP contribution in [0.4, 0.5) is 0 Å². The Balaban J connectivity index is 2.36. The van der Waals surface area contributed by atoms with E-state index >= 15 is 0 Å². The van der Waals surface area contributed by atoms with Gasteiger partial charge in [-0.3, -0.25) is 9.35 Å². The number of carbonyl (C=O) groups is 1. The van der Waals surface area contributed by atoms with Crippen molar-refractivity contribution in [3.63, 3.8) is 0 Å². The van der Waals surface area contributed by atoms with Gasteiger partial charge < -0.3 is 5.32 Å². The molecule has 0 bridgehead atoms. The third kappa shape index (κ3) is 7.57. The molecule has 0 saturated heterocycles.